The number of rotatable bonds is 4. The third kappa shape index (κ3) is 2.81. The highest BCUT2D eigenvalue weighted by molar-refractivity contribution is 7.90. The van der Waals surface area contributed by atoms with Crippen molar-refractivity contribution in [3.63, 3.8) is 0 Å². The van der Waals surface area contributed by atoms with E-state index in [4.69, 9.17) is 5.73 Å². The van der Waals surface area contributed by atoms with E-state index in [1.807, 2.05) is 6.92 Å². The maximum absolute atomic E-state index is 11.4. The monoisotopic (exact) mass is 217 g/mol. The van der Waals surface area contributed by atoms with E-state index >= 15 is 0 Å². The van der Waals surface area contributed by atoms with Crippen molar-refractivity contribution in [3.8, 4) is 0 Å². The Morgan fingerprint density at radius 2 is 2.21 bits per heavy atom. The molecule has 0 aliphatic rings. The summed E-state index contributed by atoms with van der Waals surface area (Å²) in [5.41, 5.74) is 6.74. The van der Waals surface area contributed by atoms with Crippen LogP contribution in [0.3, 0.4) is 0 Å². The number of sulfone groups is 1. The molecule has 0 bridgehead atoms. The Morgan fingerprint density at radius 1 is 1.57 bits per heavy atom. The molecule has 0 atom stereocenters. The van der Waals surface area contributed by atoms with Crippen LogP contribution in [0.2, 0.25) is 0 Å². The van der Waals surface area contributed by atoms with Gasteiger partial charge in [-0.15, -0.1) is 0 Å². The molecule has 1 aromatic rings. The number of hydrogen-bond donors (Lipinski definition) is 1. The van der Waals surface area contributed by atoms with Gasteiger partial charge >= 0.3 is 0 Å². The van der Waals surface area contributed by atoms with Gasteiger partial charge in [0.1, 0.15) is 0 Å². The molecule has 14 heavy (non-hydrogen) atoms. The molecule has 1 heterocycles. The Labute approximate surface area is 83.8 Å². The standard InChI is InChI=1S/C8H15N3O2S/c1-7-5-8(11(2)10-7)6-14(12,13)4-3-9/h5H,3-4,6,9H2,1-2H3. The summed E-state index contributed by atoms with van der Waals surface area (Å²) < 4.78 is 24.5. The number of nitrogens with zero attached hydrogens (tertiary/aromatic N) is 2. The first-order chi connectivity index (χ1) is 6.44. The topological polar surface area (TPSA) is 78.0 Å². The van der Waals surface area contributed by atoms with Gasteiger partial charge in [-0.25, -0.2) is 8.42 Å². The lowest BCUT2D eigenvalue weighted by Crippen LogP contribution is -2.18. The predicted octanol–water partition coefficient (Wildman–Crippen LogP) is -0.398. The Morgan fingerprint density at radius 3 is 2.64 bits per heavy atom. The molecule has 0 amide bonds. The first-order valence-electron chi connectivity index (χ1n) is 4.34. The van der Waals surface area contributed by atoms with Gasteiger partial charge in [-0.1, -0.05) is 0 Å². The van der Waals surface area contributed by atoms with Gasteiger partial charge in [-0.2, -0.15) is 5.10 Å². The first kappa shape index (κ1) is 11.2. The highest BCUT2D eigenvalue weighted by Crippen LogP contribution is 2.07. The molecule has 0 saturated carbocycles. The van der Waals surface area contributed by atoms with Crippen LogP contribution in [0.4, 0.5) is 0 Å². The van der Waals surface area contributed by atoms with Crippen molar-refractivity contribution in [1.82, 2.24) is 9.78 Å². The van der Waals surface area contributed by atoms with Crippen molar-refractivity contribution >= 4 is 9.84 Å². The number of hydrogen-bond acceptors (Lipinski definition) is 4. The molecule has 0 aliphatic heterocycles. The smallest absolute Gasteiger partial charge is 0.157 e. The fourth-order valence-electron chi connectivity index (χ4n) is 1.28. The molecule has 0 aliphatic carbocycles. The molecule has 2 N–H and O–H groups in total. The van der Waals surface area contributed by atoms with Gasteiger partial charge in [0.15, 0.2) is 9.84 Å². The molecule has 6 heteroatoms. The maximum Gasteiger partial charge on any atom is 0.157 e. The van der Waals surface area contributed by atoms with E-state index in [1.165, 1.54) is 0 Å². The zero-order valence-electron chi connectivity index (χ0n) is 8.40. The minimum Gasteiger partial charge on any atom is -0.329 e. The van der Waals surface area contributed by atoms with Gasteiger partial charge in [0.05, 0.1) is 22.9 Å². The van der Waals surface area contributed by atoms with Crippen molar-refractivity contribution in [2.75, 3.05) is 12.3 Å². The Hall–Kier alpha value is -0.880. The van der Waals surface area contributed by atoms with E-state index in [-0.39, 0.29) is 18.1 Å². The number of aryl methyl sites for hydroxylation is 2. The van der Waals surface area contributed by atoms with E-state index < -0.39 is 9.84 Å². The summed E-state index contributed by atoms with van der Waals surface area (Å²) in [7, 11) is -1.34. The van der Waals surface area contributed by atoms with Gasteiger partial charge in [-0.05, 0) is 13.0 Å². The van der Waals surface area contributed by atoms with E-state index in [1.54, 1.807) is 17.8 Å². The van der Waals surface area contributed by atoms with E-state index in [2.05, 4.69) is 5.10 Å². The van der Waals surface area contributed by atoms with Crippen LogP contribution in [-0.2, 0) is 22.6 Å². The second-order valence-corrected chi connectivity index (χ2v) is 5.47. The molecule has 0 unspecified atom stereocenters. The van der Waals surface area contributed by atoms with Crippen LogP contribution in [0.25, 0.3) is 0 Å². The van der Waals surface area contributed by atoms with Gasteiger partial charge in [0, 0.05) is 13.6 Å². The number of nitrogens with two attached hydrogens (primary N) is 1. The first-order valence-corrected chi connectivity index (χ1v) is 6.17. The molecule has 0 spiro atoms. The summed E-state index contributed by atoms with van der Waals surface area (Å²) in [5.74, 6) is 0.0404. The van der Waals surface area contributed by atoms with Crippen LogP contribution in [0, 0.1) is 6.92 Å². The molecule has 5 nitrogen and oxygen atoms in total. The van der Waals surface area contributed by atoms with E-state index in [0.29, 0.717) is 5.69 Å². The average molecular weight is 217 g/mol. The van der Waals surface area contributed by atoms with E-state index in [9.17, 15) is 8.42 Å². The lowest BCUT2D eigenvalue weighted by molar-refractivity contribution is 0.591. The van der Waals surface area contributed by atoms with Crippen LogP contribution in [0.15, 0.2) is 6.07 Å². The largest absolute Gasteiger partial charge is 0.329 e. The lowest BCUT2D eigenvalue weighted by Gasteiger charge is -2.02. The van der Waals surface area contributed by atoms with Gasteiger partial charge in [-0.3, -0.25) is 4.68 Å². The fourth-order valence-corrected chi connectivity index (χ4v) is 2.50. The summed E-state index contributed by atoms with van der Waals surface area (Å²) in [6, 6.07) is 1.77. The van der Waals surface area contributed by atoms with Gasteiger partial charge in [0.25, 0.3) is 0 Å². The molecule has 0 saturated heterocycles. The highest BCUT2D eigenvalue weighted by atomic mass is 32.2. The second-order valence-electron chi connectivity index (χ2n) is 3.28. The molecule has 1 rings (SSSR count). The quantitative estimate of drug-likeness (QED) is 0.744. The van der Waals surface area contributed by atoms with Crippen LogP contribution < -0.4 is 5.73 Å². The van der Waals surface area contributed by atoms with Crippen molar-refractivity contribution in [2.24, 2.45) is 12.8 Å². The summed E-state index contributed by atoms with van der Waals surface area (Å²) in [6.45, 7) is 2.00. The van der Waals surface area contributed by atoms with Crippen molar-refractivity contribution < 1.29 is 8.42 Å². The van der Waals surface area contributed by atoms with Gasteiger partial charge < -0.3 is 5.73 Å². The fraction of sp³-hybridized carbons (Fsp3) is 0.625. The molecule has 80 valence electrons. The third-order valence-electron chi connectivity index (χ3n) is 1.90. The molecule has 0 aromatic carbocycles. The van der Waals surface area contributed by atoms with Crippen LogP contribution >= 0.6 is 0 Å². The Kier molecular flexibility index (Phi) is 3.28. The van der Waals surface area contributed by atoms with Crippen LogP contribution in [0.1, 0.15) is 11.4 Å². The van der Waals surface area contributed by atoms with Crippen LogP contribution in [0.5, 0.6) is 0 Å². The lowest BCUT2D eigenvalue weighted by atomic mass is 10.4. The Balaban J connectivity index is 2.83. The third-order valence-corrected chi connectivity index (χ3v) is 3.49. The summed E-state index contributed by atoms with van der Waals surface area (Å²) >= 11 is 0. The molecular weight excluding hydrogens is 202 g/mol. The SMILES string of the molecule is Cc1cc(CS(=O)(=O)CCN)n(C)n1. The van der Waals surface area contributed by atoms with E-state index in [0.717, 1.165) is 5.69 Å². The summed E-state index contributed by atoms with van der Waals surface area (Å²) in [4.78, 5) is 0. The maximum atomic E-state index is 11.4. The van der Waals surface area contributed by atoms with Crippen LogP contribution in [-0.4, -0.2) is 30.5 Å². The minimum absolute atomic E-state index is 0.0154. The summed E-state index contributed by atoms with van der Waals surface area (Å²) in [5, 5.41) is 4.08. The van der Waals surface area contributed by atoms with Gasteiger partial charge in [0.2, 0.25) is 0 Å². The van der Waals surface area contributed by atoms with Crippen molar-refractivity contribution in [3.05, 3.63) is 17.5 Å². The average Bonchev–Trinajstić information content (AvgIpc) is 2.28. The molecular formula is C8H15N3O2S. The molecule has 0 radical (unpaired) electrons. The predicted molar refractivity (Wildman–Crippen MR) is 54.5 cm³/mol. The zero-order chi connectivity index (χ0) is 10.8. The Bertz CT molecular complexity index is 408. The second kappa shape index (κ2) is 4.10. The molecule has 0 fully saturated rings. The molecule has 1 aromatic heterocycles. The number of aromatic nitrogens is 2. The summed E-state index contributed by atoms with van der Waals surface area (Å²) in [6.07, 6.45) is 0. The van der Waals surface area contributed by atoms with Crippen molar-refractivity contribution in [2.45, 2.75) is 12.7 Å². The normalized spacial score (nSPS) is 11.9. The highest BCUT2D eigenvalue weighted by Gasteiger charge is 2.13. The van der Waals surface area contributed by atoms with Crippen molar-refractivity contribution in [1.29, 1.82) is 0 Å². The minimum atomic E-state index is -3.08. The zero-order valence-corrected chi connectivity index (χ0v) is 9.21.